The second kappa shape index (κ2) is 6.61. The first-order valence-electron chi connectivity index (χ1n) is 8.18. The summed E-state index contributed by atoms with van der Waals surface area (Å²) in [4.78, 5) is 0. The Kier molecular flexibility index (Phi) is 4.16. The molecule has 3 nitrogen and oxygen atoms in total. The van der Waals surface area contributed by atoms with Crippen LogP contribution in [0, 0.1) is 0 Å². The Morgan fingerprint density at radius 1 is 0.880 bits per heavy atom. The Morgan fingerprint density at radius 2 is 1.56 bits per heavy atom. The van der Waals surface area contributed by atoms with Gasteiger partial charge < -0.3 is 5.11 Å². The minimum atomic E-state index is -0.0470. The molecule has 3 aromatic carbocycles. The van der Waals surface area contributed by atoms with E-state index in [0.717, 1.165) is 22.5 Å². The summed E-state index contributed by atoms with van der Waals surface area (Å²) >= 11 is 6.00. The number of nitrogens with zero attached hydrogens (tertiary/aromatic N) is 2. The first-order valence-corrected chi connectivity index (χ1v) is 8.56. The lowest BCUT2D eigenvalue weighted by Crippen LogP contribution is -2.18. The number of phenolic OH excluding ortho intramolecular Hbond substituents is 1. The predicted octanol–water partition coefficient (Wildman–Crippen LogP) is 5.40. The van der Waals surface area contributed by atoms with Gasteiger partial charge in [-0.3, -0.25) is 5.01 Å². The molecule has 1 unspecified atom stereocenters. The molecule has 1 atom stereocenters. The van der Waals surface area contributed by atoms with Gasteiger partial charge in [0.2, 0.25) is 0 Å². The number of hydrogen-bond donors (Lipinski definition) is 1. The van der Waals surface area contributed by atoms with Gasteiger partial charge in [-0.1, -0.05) is 60.1 Å². The maximum atomic E-state index is 10.3. The van der Waals surface area contributed by atoms with E-state index in [0.29, 0.717) is 17.2 Å². The molecule has 1 aliphatic heterocycles. The van der Waals surface area contributed by atoms with Crippen molar-refractivity contribution in [2.45, 2.75) is 12.5 Å². The van der Waals surface area contributed by atoms with Crippen molar-refractivity contribution >= 4 is 23.0 Å². The zero-order valence-corrected chi connectivity index (χ0v) is 14.3. The summed E-state index contributed by atoms with van der Waals surface area (Å²) in [7, 11) is 0. The molecule has 0 fully saturated rings. The first kappa shape index (κ1) is 15.7. The monoisotopic (exact) mass is 348 g/mol. The second-order valence-corrected chi connectivity index (χ2v) is 6.45. The van der Waals surface area contributed by atoms with E-state index in [1.807, 2.05) is 77.8 Å². The third-order valence-corrected chi connectivity index (χ3v) is 4.66. The van der Waals surface area contributed by atoms with Gasteiger partial charge in [-0.15, -0.1) is 0 Å². The number of anilines is 1. The molecule has 0 saturated heterocycles. The minimum Gasteiger partial charge on any atom is -0.508 e. The molecule has 0 amide bonds. The topological polar surface area (TPSA) is 35.8 Å². The highest BCUT2D eigenvalue weighted by atomic mass is 35.5. The third kappa shape index (κ3) is 3.11. The molecule has 0 bridgehead atoms. The molecule has 0 aliphatic carbocycles. The highest BCUT2D eigenvalue weighted by Gasteiger charge is 2.31. The molecule has 0 saturated carbocycles. The number of hydrogen-bond acceptors (Lipinski definition) is 3. The second-order valence-electron chi connectivity index (χ2n) is 6.01. The van der Waals surface area contributed by atoms with Gasteiger partial charge in [0.25, 0.3) is 0 Å². The quantitative estimate of drug-likeness (QED) is 0.687. The zero-order valence-electron chi connectivity index (χ0n) is 13.5. The van der Waals surface area contributed by atoms with E-state index in [4.69, 9.17) is 16.7 Å². The Bertz CT molecular complexity index is 907. The summed E-state index contributed by atoms with van der Waals surface area (Å²) in [6.07, 6.45) is 0.716. The largest absolute Gasteiger partial charge is 0.508 e. The number of benzene rings is 3. The van der Waals surface area contributed by atoms with Crippen LogP contribution in [0.5, 0.6) is 5.75 Å². The van der Waals surface area contributed by atoms with Crippen LogP contribution in [0.15, 0.2) is 84.0 Å². The highest BCUT2D eigenvalue weighted by molar-refractivity contribution is 6.30. The zero-order chi connectivity index (χ0) is 17.2. The van der Waals surface area contributed by atoms with Crippen molar-refractivity contribution in [2.24, 2.45) is 5.10 Å². The molecular formula is C21H17ClN2O. The lowest BCUT2D eigenvalue weighted by molar-refractivity contribution is 0.461. The molecule has 1 N–H and O–H groups in total. The Balaban J connectivity index is 1.77. The molecule has 0 radical (unpaired) electrons. The molecule has 1 aliphatic rings. The standard InChI is InChI=1S/C21H17ClN2O/c22-16-12-10-15(11-13-16)19-14-20(18-8-4-5-9-21(18)25)24(23-19)17-6-2-1-3-7-17/h1-13,20,25H,14H2. The van der Waals surface area contributed by atoms with Crippen LogP contribution in [0.25, 0.3) is 0 Å². The molecule has 0 spiro atoms. The van der Waals surface area contributed by atoms with Gasteiger partial charge in [0.15, 0.2) is 0 Å². The molecule has 0 aromatic heterocycles. The number of phenols is 1. The van der Waals surface area contributed by atoms with Crippen molar-refractivity contribution in [2.75, 3.05) is 5.01 Å². The van der Waals surface area contributed by atoms with Crippen LogP contribution >= 0.6 is 11.6 Å². The van der Waals surface area contributed by atoms with Gasteiger partial charge in [0.1, 0.15) is 5.75 Å². The van der Waals surface area contributed by atoms with E-state index < -0.39 is 0 Å². The van der Waals surface area contributed by atoms with E-state index in [1.54, 1.807) is 6.07 Å². The summed E-state index contributed by atoms with van der Waals surface area (Å²) in [6.45, 7) is 0. The fourth-order valence-corrected chi connectivity index (χ4v) is 3.28. The maximum Gasteiger partial charge on any atom is 0.120 e. The molecule has 1 heterocycles. The maximum absolute atomic E-state index is 10.3. The van der Waals surface area contributed by atoms with Crippen LogP contribution in [0.4, 0.5) is 5.69 Å². The van der Waals surface area contributed by atoms with E-state index in [-0.39, 0.29) is 6.04 Å². The third-order valence-electron chi connectivity index (χ3n) is 4.40. The summed E-state index contributed by atoms with van der Waals surface area (Å²) in [6, 6.07) is 25.2. The van der Waals surface area contributed by atoms with Crippen molar-refractivity contribution in [1.82, 2.24) is 0 Å². The van der Waals surface area contributed by atoms with Gasteiger partial charge >= 0.3 is 0 Å². The first-order chi connectivity index (χ1) is 12.2. The number of halogens is 1. The number of hydrazone groups is 1. The summed E-state index contributed by atoms with van der Waals surface area (Å²) in [5, 5.41) is 17.9. The molecule has 4 rings (SSSR count). The SMILES string of the molecule is Oc1ccccc1C1CC(c2ccc(Cl)cc2)=NN1c1ccccc1. The molecule has 25 heavy (non-hydrogen) atoms. The van der Waals surface area contributed by atoms with Gasteiger partial charge in [-0.05, 0) is 35.9 Å². The average molecular weight is 349 g/mol. The van der Waals surface area contributed by atoms with Gasteiger partial charge in [-0.25, -0.2) is 0 Å². The molecule has 4 heteroatoms. The number of rotatable bonds is 3. The highest BCUT2D eigenvalue weighted by Crippen LogP contribution is 2.39. The van der Waals surface area contributed by atoms with Crippen molar-refractivity contribution in [3.63, 3.8) is 0 Å². The lowest BCUT2D eigenvalue weighted by Gasteiger charge is -2.24. The van der Waals surface area contributed by atoms with Crippen molar-refractivity contribution in [3.05, 3.63) is 95.0 Å². The molecule has 124 valence electrons. The van der Waals surface area contributed by atoms with E-state index in [1.165, 1.54) is 0 Å². The van der Waals surface area contributed by atoms with Gasteiger partial charge in [0, 0.05) is 17.0 Å². The fraction of sp³-hybridized carbons (Fsp3) is 0.0952. The van der Waals surface area contributed by atoms with Crippen molar-refractivity contribution in [1.29, 1.82) is 0 Å². The van der Waals surface area contributed by atoms with Crippen molar-refractivity contribution < 1.29 is 5.11 Å². The van der Waals surface area contributed by atoms with Crippen LogP contribution in [0.2, 0.25) is 5.02 Å². The van der Waals surface area contributed by atoms with Crippen LogP contribution in [-0.2, 0) is 0 Å². The summed E-state index contributed by atoms with van der Waals surface area (Å²) in [5.74, 6) is 0.293. The van der Waals surface area contributed by atoms with Crippen LogP contribution < -0.4 is 5.01 Å². The van der Waals surface area contributed by atoms with Crippen LogP contribution in [0.3, 0.4) is 0 Å². The lowest BCUT2D eigenvalue weighted by atomic mass is 9.97. The predicted molar refractivity (Wildman–Crippen MR) is 102 cm³/mol. The normalized spacial score (nSPS) is 16.8. The summed E-state index contributed by atoms with van der Waals surface area (Å²) in [5.41, 5.74) is 3.90. The Morgan fingerprint density at radius 3 is 2.28 bits per heavy atom. The smallest absolute Gasteiger partial charge is 0.120 e. The van der Waals surface area contributed by atoms with E-state index in [9.17, 15) is 5.11 Å². The van der Waals surface area contributed by atoms with Gasteiger partial charge in [0.05, 0.1) is 17.4 Å². The molecule has 3 aromatic rings. The Labute approximate surface area is 151 Å². The Hall–Kier alpha value is -2.78. The summed E-state index contributed by atoms with van der Waals surface area (Å²) < 4.78 is 0. The number of aromatic hydroxyl groups is 1. The number of para-hydroxylation sites is 2. The van der Waals surface area contributed by atoms with Crippen molar-refractivity contribution in [3.8, 4) is 5.75 Å². The van der Waals surface area contributed by atoms with Gasteiger partial charge in [-0.2, -0.15) is 5.10 Å². The van der Waals surface area contributed by atoms with E-state index in [2.05, 4.69) is 0 Å². The average Bonchev–Trinajstić information content (AvgIpc) is 3.08. The van der Waals surface area contributed by atoms with Crippen LogP contribution in [-0.4, -0.2) is 10.8 Å². The molecular weight excluding hydrogens is 332 g/mol. The van der Waals surface area contributed by atoms with E-state index >= 15 is 0 Å². The van der Waals surface area contributed by atoms with Crippen LogP contribution in [0.1, 0.15) is 23.6 Å². The fourth-order valence-electron chi connectivity index (χ4n) is 3.16. The minimum absolute atomic E-state index is 0.0470.